The molecule has 0 bridgehead atoms. The highest BCUT2D eigenvalue weighted by atomic mass is 16.3. The van der Waals surface area contributed by atoms with Gasteiger partial charge in [0.15, 0.2) is 0 Å². The Labute approximate surface area is 148 Å². The van der Waals surface area contributed by atoms with E-state index >= 15 is 0 Å². The van der Waals surface area contributed by atoms with Gasteiger partial charge in [-0.15, -0.1) is 0 Å². The molecule has 0 unspecified atom stereocenters. The number of carbonyl (C=O) groups is 1. The van der Waals surface area contributed by atoms with Gasteiger partial charge in [-0.1, -0.05) is 37.3 Å². The summed E-state index contributed by atoms with van der Waals surface area (Å²) in [5, 5.41) is 12.4. The molecule has 3 rings (SSSR count). The van der Waals surface area contributed by atoms with Gasteiger partial charge in [-0.25, -0.2) is 9.78 Å². The molecular weight excluding hydrogens is 316 g/mol. The second kappa shape index (κ2) is 8.16. The molecular formula is C19H26N4O2. The molecule has 2 atom stereocenters. The van der Waals surface area contributed by atoms with Crippen LogP contribution in [0, 0.1) is 5.92 Å². The van der Waals surface area contributed by atoms with Crippen molar-refractivity contribution in [3.05, 3.63) is 54.1 Å². The van der Waals surface area contributed by atoms with Crippen LogP contribution in [0.5, 0.6) is 0 Å². The minimum Gasteiger partial charge on any atom is -0.394 e. The second-order valence-corrected chi connectivity index (χ2v) is 6.65. The summed E-state index contributed by atoms with van der Waals surface area (Å²) in [6.45, 7) is 4.12. The van der Waals surface area contributed by atoms with Crippen LogP contribution in [0.25, 0.3) is 0 Å². The number of hydrogen-bond donors (Lipinski definition) is 2. The van der Waals surface area contributed by atoms with Crippen LogP contribution in [-0.4, -0.2) is 51.3 Å². The van der Waals surface area contributed by atoms with Crippen LogP contribution in [0.3, 0.4) is 0 Å². The Morgan fingerprint density at radius 3 is 2.92 bits per heavy atom. The SMILES string of the molecule is C[C@@H]1CCN(C(=O)NCCc2nccn2Cc2ccccc2)[C@H]1CO. The fourth-order valence-electron chi connectivity index (χ4n) is 3.41. The highest BCUT2D eigenvalue weighted by Crippen LogP contribution is 2.23. The third-order valence-electron chi connectivity index (χ3n) is 4.95. The first kappa shape index (κ1) is 17.5. The molecule has 1 aromatic heterocycles. The first-order valence-corrected chi connectivity index (χ1v) is 8.88. The third-order valence-corrected chi connectivity index (χ3v) is 4.95. The monoisotopic (exact) mass is 342 g/mol. The number of hydrogen-bond acceptors (Lipinski definition) is 3. The van der Waals surface area contributed by atoms with Crippen molar-refractivity contribution in [3.8, 4) is 0 Å². The van der Waals surface area contributed by atoms with Gasteiger partial charge in [-0.3, -0.25) is 0 Å². The van der Waals surface area contributed by atoms with E-state index in [0.29, 0.717) is 25.4 Å². The molecule has 1 fully saturated rings. The lowest BCUT2D eigenvalue weighted by Crippen LogP contribution is -2.46. The molecule has 1 aliphatic rings. The molecule has 2 aromatic rings. The van der Waals surface area contributed by atoms with Crippen LogP contribution in [0.15, 0.2) is 42.7 Å². The number of urea groups is 1. The molecule has 1 aliphatic heterocycles. The minimum atomic E-state index is -0.0930. The Kier molecular flexibility index (Phi) is 5.71. The number of aliphatic hydroxyl groups is 1. The van der Waals surface area contributed by atoms with Crippen LogP contribution in [0.2, 0.25) is 0 Å². The van der Waals surface area contributed by atoms with E-state index in [1.807, 2.05) is 24.4 Å². The lowest BCUT2D eigenvalue weighted by atomic mass is 10.0. The van der Waals surface area contributed by atoms with Gasteiger partial charge in [-0.2, -0.15) is 0 Å². The summed E-state index contributed by atoms with van der Waals surface area (Å²) in [7, 11) is 0. The number of amides is 2. The molecule has 1 aromatic carbocycles. The van der Waals surface area contributed by atoms with E-state index in [0.717, 1.165) is 18.8 Å². The van der Waals surface area contributed by atoms with Crippen LogP contribution in [0.1, 0.15) is 24.7 Å². The average Bonchev–Trinajstić information content (AvgIpc) is 3.22. The van der Waals surface area contributed by atoms with E-state index in [2.05, 4.69) is 33.9 Å². The van der Waals surface area contributed by atoms with Gasteiger partial charge in [0.05, 0.1) is 12.6 Å². The highest BCUT2D eigenvalue weighted by molar-refractivity contribution is 5.74. The molecule has 2 N–H and O–H groups in total. The maximum absolute atomic E-state index is 12.3. The zero-order chi connectivity index (χ0) is 17.6. The summed E-state index contributed by atoms with van der Waals surface area (Å²) in [5.74, 6) is 1.30. The molecule has 1 saturated heterocycles. The summed E-state index contributed by atoms with van der Waals surface area (Å²) in [4.78, 5) is 18.5. The first-order chi connectivity index (χ1) is 12.2. The van der Waals surface area contributed by atoms with Crippen molar-refractivity contribution in [2.75, 3.05) is 19.7 Å². The van der Waals surface area contributed by atoms with Gasteiger partial charge in [0.1, 0.15) is 5.82 Å². The topological polar surface area (TPSA) is 70.4 Å². The Morgan fingerprint density at radius 1 is 1.36 bits per heavy atom. The van der Waals surface area contributed by atoms with Crippen molar-refractivity contribution in [1.29, 1.82) is 0 Å². The molecule has 0 saturated carbocycles. The second-order valence-electron chi connectivity index (χ2n) is 6.65. The molecule has 6 nitrogen and oxygen atoms in total. The molecule has 6 heteroatoms. The van der Waals surface area contributed by atoms with Gasteiger partial charge >= 0.3 is 6.03 Å². The number of carbonyl (C=O) groups excluding carboxylic acids is 1. The fourth-order valence-corrected chi connectivity index (χ4v) is 3.41. The van der Waals surface area contributed by atoms with Crippen LogP contribution in [-0.2, 0) is 13.0 Å². The Balaban J connectivity index is 1.51. The van der Waals surface area contributed by atoms with Crippen LogP contribution < -0.4 is 5.32 Å². The summed E-state index contributed by atoms with van der Waals surface area (Å²) in [6, 6.07) is 10.1. The first-order valence-electron chi connectivity index (χ1n) is 8.88. The van der Waals surface area contributed by atoms with Crippen molar-refractivity contribution in [3.63, 3.8) is 0 Å². The standard InChI is InChI=1S/C19H26N4O2/c1-15-8-11-23(17(15)14-24)19(25)21-9-7-18-20-10-12-22(18)13-16-5-3-2-4-6-16/h2-6,10,12,15,17,24H,7-9,11,13-14H2,1H3,(H,21,25)/t15-,17+/m1/s1. The number of aromatic nitrogens is 2. The smallest absolute Gasteiger partial charge is 0.317 e. The molecule has 0 radical (unpaired) electrons. The van der Waals surface area contributed by atoms with Crippen LogP contribution >= 0.6 is 0 Å². The van der Waals surface area contributed by atoms with Gasteiger partial charge in [0, 0.05) is 38.4 Å². The van der Waals surface area contributed by atoms with Crippen molar-refractivity contribution in [2.45, 2.75) is 32.4 Å². The summed E-state index contributed by atoms with van der Waals surface area (Å²) >= 11 is 0. The maximum Gasteiger partial charge on any atom is 0.317 e. The Hall–Kier alpha value is -2.34. The van der Waals surface area contributed by atoms with E-state index in [1.54, 1.807) is 11.1 Å². The lowest BCUT2D eigenvalue weighted by molar-refractivity contribution is 0.144. The summed E-state index contributed by atoms with van der Waals surface area (Å²) < 4.78 is 2.11. The Bertz CT molecular complexity index is 686. The highest BCUT2D eigenvalue weighted by Gasteiger charge is 2.33. The zero-order valence-corrected chi connectivity index (χ0v) is 14.6. The van der Waals surface area contributed by atoms with E-state index in [9.17, 15) is 9.90 Å². The molecule has 25 heavy (non-hydrogen) atoms. The fraction of sp³-hybridized carbons (Fsp3) is 0.474. The van der Waals surface area contributed by atoms with Gasteiger partial charge in [-0.05, 0) is 17.9 Å². The normalized spacial score (nSPS) is 20.0. The lowest BCUT2D eigenvalue weighted by Gasteiger charge is -2.25. The molecule has 134 valence electrons. The quantitative estimate of drug-likeness (QED) is 0.842. The largest absolute Gasteiger partial charge is 0.394 e. The summed E-state index contributed by atoms with van der Waals surface area (Å²) in [6.07, 6.45) is 5.39. The Morgan fingerprint density at radius 2 is 2.16 bits per heavy atom. The number of rotatable bonds is 6. The van der Waals surface area contributed by atoms with Crippen molar-refractivity contribution >= 4 is 6.03 Å². The molecule has 0 spiro atoms. The number of aliphatic hydroxyl groups excluding tert-OH is 1. The van der Waals surface area contributed by atoms with Crippen LogP contribution in [0.4, 0.5) is 4.79 Å². The number of nitrogens with zero attached hydrogens (tertiary/aromatic N) is 3. The zero-order valence-electron chi connectivity index (χ0n) is 14.6. The molecule has 0 aliphatic carbocycles. The average molecular weight is 342 g/mol. The predicted octanol–water partition coefficient (Wildman–Crippen LogP) is 1.89. The molecule has 2 amide bonds. The van der Waals surface area contributed by atoms with E-state index in [-0.39, 0.29) is 18.7 Å². The van der Waals surface area contributed by atoms with Crippen molar-refractivity contribution < 1.29 is 9.90 Å². The number of likely N-dealkylation sites (tertiary alicyclic amines) is 1. The molecule has 2 heterocycles. The number of nitrogens with one attached hydrogen (secondary N) is 1. The predicted molar refractivity (Wildman–Crippen MR) is 96.2 cm³/mol. The summed E-state index contributed by atoms with van der Waals surface area (Å²) in [5.41, 5.74) is 1.22. The minimum absolute atomic E-state index is 0.0239. The number of benzene rings is 1. The third kappa shape index (κ3) is 4.20. The van der Waals surface area contributed by atoms with Gasteiger partial charge in [0.2, 0.25) is 0 Å². The van der Waals surface area contributed by atoms with Crippen molar-refractivity contribution in [2.24, 2.45) is 5.92 Å². The number of imidazole rings is 1. The van der Waals surface area contributed by atoms with E-state index in [1.165, 1.54) is 5.56 Å². The van der Waals surface area contributed by atoms with Gasteiger partial charge in [0.25, 0.3) is 0 Å². The maximum atomic E-state index is 12.3. The van der Waals surface area contributed by atoms with E-state index in [4.69, 9.17) is 0 Å². The van der Waals surface area contributed by atoms with Gasteiger partial charge < -0.3 is 19.9 Å². The van der Waals surface area contributed by atoms with Crippen molar-refractivity contribution in [1.82, 2.24) is 19.8 Å². The van der Waals surface area contributed by atoms with E-state index < -0.39 is 0 Å².